The van der Waals surface area contributed by atoms with Gasteiger partial charge in [-0.25, -0.2) is 0 Å². The van der Waals surface area contributed by atoms with Crippen LogP contribution in [0.15, 0.2) is 0 Å². The van der Waals surface area contributed by atoms with Gasteiger partial charge in [-0.05, 0) is 13.3 Å². The first-order chi connectivity index (χ1) is 6.43. The molecule has 0 rings (SSSR count). The lowest BCUT2D eigenvalue weighted by molar-refractivity contribution is -0.145. The molecule has 0 spiro atoms. The summed E-state index contributed by atoms with van der Waals surface area (Å²) in [5.41, 5.74) is -1.30. The molecule has 0 aromatic rings. The van der Waals surface area contributed by atoms with E-state index in [-0.39, 0.29) is 12.8 Å². The maximum atomic E-state index is 10.4. The number of carbonyl (C=O) groups is 2. The molecule has 0 bridgehead atoms. The number of carboxylic acid groups (broad SMARTS) is 1. The predicted molar refractivity (Wildman–Crippen MR) is 48.7 cm³/mol. The molecule has 0 saturated carbocycles. The van der Waals surface area contributed by atoms with E-state index in [0.717, 1.165) is 0 Å². The van der Waals surface area contributed by atoms with Gasteiger partial charge in [-0.2, -0.15) is 0 Å². The molecule has 0 fully saturated rings. The van der Waals surface area contributed by atoms with Crippen molar-refractivity contribution in [2.75, 3.05) is 0 Å². The Bertz CT molecular complexity index is 203. The van der Waals surface area contributed by atoms with Crippen molar-refractivity contribution in [3.05, 3.63) is 0 Å². The van der Waals surface area contributed by atoms with E-state index in [2.05, 4.69) is 4.74 Å². The minimum Gasteiger partial charge on any atom is -0.481 e. The molecule has 0 aliphatic heterocycles. The number of hydrogen-bond acceptors (Lipinski definition) is 4. The van der Waals surface area contributed by atoms with Gasteiger partial charge in [0.25, 0.3) is 6.47 Å². The van der Waals surface area contributed by atoms with Crippen LogP contribution in [0.2, 0.25) is 0 Å². The third kappa shape index (κ3) is 4.81. The number of hydrogen-bond donors (Lipinski definition) is 2. The van der Waals surface area contributed by atoms with Gasteiger partial charge in [-0.3, -0.25) is 9.59 Å². The van der Waals surface area contributed by atoms with Crippen molar-refractivity contribution < 1.29 is 24.5 Å². The molecule has 0 saturated heterocycles. The van der Waals surface area contributed by atoms with Crippen LogP contribution in [0.1, 0.15) is 33.1 Å². The Kier molecular flexibility index (Phi) is 5.15. The van der Waals surface area contributed by atoms with E-state index in [0.29, 0.717) is 12.9 Å². The second-order valence-corrected chi connectivity index (χ2v) is 3.40. The lowest BCUT2D eigenvalue weighted by Crippen LogP contribution is -2.35. The molecule has 0 aliphatic carbocycles. The number of aliphatic hydroxyl groups is 1. The Hall–Kier alpha value is -1.10. The van der Waals surface area contributed by atoms with Gasteiger partial charge in [0.2, 0.25) is 0 Å². The first-order valence-corrected chi connectivity index (χ1v) is 4.47. The zero-order chi connectivity index (χ0) is 11.2. The van der Waals surface area contributed by atoms with Gasteiger partial charge < -0.3 is 14.9 Å². The van der Waals surface area contributed by atoms with E-state index in [4.69, 9.17) is 5.11 Å². The van der Waals surface area contributed by atoms with Gasteiger partial charge in [0.1, 0.15) is 6.10 Å². The molecule has 5 nitrogen and oxygen atoms in total. The van der Waals surface area contributed by atoms with Crippen molar-refractivity contribution in [3.63, 3.8) is 0 Å². The fourth-order valence-electron chi connectivity index (χ4n) is 1.30. The lowest BCUT2D eigenvalue weighted by Gasteiger charge is -2.27. The molecule has 0 aromatic heterocycles. The van der Waals surface area contributed by atoms with Crippen LogP contribution in [-0.2, 0) is 14.3 Å². The average Bonchev–Trinajstić information content (AvgIpc) is 2.02. The topological polar surface area (TPSA) is 83.8 Å². The van der Waals surface area contributed by atoms with Crippen molar-refractivity contribution in [1.29, 1.82) is 0 Å². The Morgan fingerprint density at radius 1 is 1.64 bits per heavy atom. The van der Waals surface area contributed by atoms with Crippen LogP contribution in [0, 0.1) is 0 Å². The van der Waals surface area contributed by atoms with Crippen molar-refractivity contribution in [3.8, 4) is 0 Å². The van der Waals surface area contributed by atoms with E-state index in [1.54, 1.807) is 13.8 Å². The smallest absolute Gasteiger partial charge is 0.306 e. The monoisotopic (exact) mass is 204 g/mol. The number of carboxylic acids is 1. The number of carbonyl (C=O) groups excluding carboxylic acids is 1. The first kappa shape index (κ1) is 12.9. The fourth-order valence-corrected chi connectivity index (χ4v) is 1.30. The van der Waals surface area contributed by atoms with Crippen molar-refractivity contribution in [2.45, 2.75) is 44.8 Å². The van der Waals surface area contributed by atoms with Crippen LogP contribution in [0.3, 0.4) is 0 Å². The van der Waals surface area contributed by atoms with Crippen LogP contribution in [0.4, 0.5) is 0 Å². The summed E-state index contributed by atoms with van der Waals surface area (Å²) in [6.45, 7) is 3.59. The largest absolute Gasteiger partial charge is 0.481 e. The number of ether oxygens (including phenoxy) is 1. The zero-order valence-corrected chi connectivity index (χ0v) is 8.40. The molecule has 2 N–H and O–H groups in total. The second kappa shape index (κ2) is 5.59. The fraction of sp³-hybridized carbons (Fsp3) is 0.778. The molecule has 0 radical (unpaired) electrons. The minimum absolute atomic E-state index is 0.133. The molecular formula is C9H16O5. The van der Waals surface area contributed by atoms with Crippen molar-refractivity contribution in [1.82, 2.24) is 0 Å². The number of aliphatic carboxylic acids is 1. The molecule has 0 aromatic carbocycles. The van der Waals surface area contributed by atoms with E-state index in [1.165, 1.54) is 0 Å². The standard InChI is InChI=1S/C9H16O5/c1-3-9(13,5-8(11)12)4-7(2)14-6-10/h6-7,13H,3-5H2,1-2H3,(H,11,12). The average molecular weight is 204 g/mol. The van der Waals surface area contributed by atoms with Crippen LogP contribution in [0.25, 0.3) is 0 Å². The summed E-state index contributed by atoms with van der Waals surface area (Å²) in [5, 5.41) is 18.4. The highest BCUT2D eigenvalue weighted by Gasteiger charge is 2.30. The van der Waals surface area contributed by atoms with Gasteiger partial charge in [0.15, 0.2) is 0 Å². The molecule has 82 valence electrons. The van der Waals surface area contributed by atoms with Crippen molar-refractivity contribution in [2.24, 2.45) is 0 Å². The highest BCUT2D eigenvalue weighted by molar-refractivity contribution is 5.68. The zero-order valence-electron chi connectivity index (χ0n) is 8.40. The van der Waals surface area contributed by atoms with Gasteiger partial charge in [-0.15, -0.1) is 0 Å². The molecule has 0 aliphatic rings. The first-order valence-electron chi connectivity index (χ1n) is 4.47. The van der Waals surface area contributed by atoms with Crippen LogP contribution in [0.5, 0.6) is 0 Å². The van der Waals surface area contributed by atoms with E-state index >= 15 is 0 Å². The third-order valence-electron chi connectivity index (χ3n) is 2.09. The van der Waals surface area contributed by atoms with Crippen LogP contribution >= 0.6 is 0 Å². The molecule has 0 heterocycles. The Labute approximate surface area is 82.7 Å². The van der Waals surface area contributed by atoms with Crippen LogP contribution in [-0.4, -0.2) is 34.4 Å². The summed E-state index contributed by atoms with van der Waals surface area (Å²) < 4.78 is 4.59. The lowest BCUT2D eigenvalue weighted by atomic mass is 9.90. The summed E-state index contributed by atoms with van der Waals surface area (Å²) in [6, 6.07) is 0. The Balaban J connectivity index is 4.22. The second-order valence-electron chi connectivity index (χ2n) is 3.40. The molecule has 2 unspecified atom stereocenters. The molecule has 5 heteroatoms. The SMILES string of the molecule is CCC(O)(CC(=O)O)CC(C)OC=O. The van der Waals surface area contributed by atoms with Gasteiger partial charge in [-0.1, -0.05) is 6.92 Å². The molecule has 0 amide bonds. The molecular weight excluding hydrogens is 188 g/mol. The minimum atomic E-state index is -1.30. The normalized spacial score (nSPS) is 16.8. The van der Waals surface area contributed by atoms with E-state index in [1.807, 2.05) is 0 Å². The maximum absolute atomic E-state index is 10.4. The molecule has 14 heavy (non-hydrogen) atoms. The van der Waals surface area contributed by atoms with E-state index in [9.17, 15) is 14.7 Å². The summed E-state index contributed by atoms with van der Waals surface area (Å²) in [5.74, 6) is -1.06. The Morgan fingerprint density at radius 2 is 2.21 bits per heavy atom. The van der Waals surface area contributed by atoms with Gasteiger partial charge in [0.05, 0.1) is 12.0 Å². The summed E-state index contributed by atoms with van der Waals surface area (Å²) >= 11 is 0. The number of rotatable bonds is 7. The van der Waals surface area contributed by atoms with Gasteiger partial charge >= 0.3 is 5.97 Å². The highest BCUT2D eigenvalue weighted by atomic mass is 16.5. The van der Waals surface area contributed by atoms with Gasteiger partial charge in [0, 0.05) is 6.42 Å². The maximum Gasteiger partial charge on any atom is 0.306 e. The summed E-state index contributed by atoms with van der Waals surface area (Å²) in [4.78, 5) is 20.4. The van der Waals surface area contributed by atoms with Crippen molar-refractivity contribution >= 4 is 12.4 Å². The Morgan fingerprint density at radius 3 is 2.57 bits per heavy atom. The third-order valence-corrected chi connectivity index (χ3v) is 2.09. The summed E-state index contributed by atoms with van der Waals surface area (Å²) in [7, 11) is 0. The predicted octanol–water partition coefficient (Wildman–Crippen LogP) is 0.554. The highest BCUT2D eigenvalue weighted by Crippen LogP contribution is 2.22. The van der Waals surface area contributed by atoms with Crippen LogP contribution < -0.4 is 0 Å². The quantitative estimate of drug-likeness (QED) is 0.592. The molecule has 2 atom stereocenters. The summed E-state index contributed by atoms with van der Waals surface area (Å²) in [6.07, 6.45) is -0.368. The van der Waals surface area contributed by atoms with E-state index < -0.39 is 17.7 Å².